The van der Waals surface area contributed by atoms with Crippen LogP contribution in [-0.2, 0) is 6.54 Å². The number of anilines is 1. The van der Waals surface area contributed by atoms with Gasteiger partial charge in [-0.25, -0.2) is 4.79 Å². The van der Waals surface area contributed by atoms with Crippen LogP contribution in [0, 0.1) is 11.8 Å². The van der Waals surface area contributed by atoms with Crippen molar-refractivity contribution in [3.05, 3.63) is 64.2 Å². The number of urea groups is 1. The predicted octanol–water partition coefficient (Wildman–Crippen LogP) is 9.76. The van der Waals surface area contributed by atoms with Gasteiger partial charge in [-0.1, -0.05) is 102 Å². The Labute approximate surface area is 224 Å². The zero-order valence-corrected chi connectivity index (χ0v) is 23.5. The molecule has 1 N–H and O–H groups in total. The third-order valence-electron chi connectivity index (χ3n) is 8.63. The first-order chi connectivity index (χ1) is 17.3. The summed E-state index contributed by atoms with van der Waals surface area (Å²) in [6, 6.07) is 14.7. The monoisotopic (exact) mass is 508 g/mol. The number of hydrogen-bond acceptors (Lipinski definition) is 1. The van der Waals surface area contributed by atoms with Crippen molar-refractivity contribution in [2.24, 2.45) is 11.8 Å². The van der Waals surface area contributed by atoms with Gasteiger partial charge in [0.2, 0.25) is 0 Å². The van der Waals surface area contributed by atoms with E-state index < -0.39 is 0 Å². The number of para-hydroxylation sites is 1. The highest BCUT2D eigenvalue weighted by atomic mass is 35.5. The van der Waals surface area contributed by atoms with Crippen LogP contribution < -0.4 is 5.32 Å². The third-order valence-corrected chi connectivity index (χ3v) is 8.88. The van der Waals surface area contributed by atoms with Crippen LogP contribution in [0.5, 0.6) is 0 Å². The molecule has 2 aromatic rings. The van der Waals surface area contributed by atoms with Gasteiger partial charge in [-0.2, -0.15) is 0 Å². The maximum Gasteiger partial charge on any atom is 0.322 e. The van der Waals surface area contributed by atoms with Gasteiger partial charge >= 0.3 is 6.03 Å². The molecular weight excluding hydrogens is 464 g/mol. The molecule has 0 heterocycles. The summed E-state index contributed by atoms with van der Waals surface area (Å²) in [6.07, 6.45) is 11.8. The van der Waals surface area contributed by atoms with Crippen LogP contribution in [0.2, 0.25) is 5.02 Å². The number of hydrogen-bond donors (Lipinski definition) is 1. The molecular formula is C32H45ClN2O. The lowest BCUT2D eigenvalue weighted by Gasteiger charge is -2.40. The van der Waals surface area contributed by atoms with E-state index in [1.165, 1.54) is 56.1 Å². The van der Waals surface area contributed by atoms with Crippen molar-refractivity contribution >= 4 is 23.3 Å². The number of benzene rings is 2. The minimum Gasteiger partial charge on any atom is -0.317 e. The van der Waals surface area contributed by atoms with Crippen molar-refractivity contribution in [1.29, 1.82) is 0 Å². The molecule has 3 nitrogen and oxygen atoms in total. The summed E-state index contributed by atoms with van der Waals surface area (Å²) in [5.74, 6) is 2.44. The molecule has 0 aromatic heterocycles. The lowest BCUT2D eigenvalue weighted by Crippen LogP contribution is -2.45. The van der Waals surface area contributed by atoms with Gasteiger partial charge in [-0.05, 0) is 78.2 Å². The molecule has 2 aromatic carbocycles. The van der Waals surface area contributed by atoms with E-state index in [4.69, 9.17) is 11.6 Å². The van der Waals surface area contributed by atoms with Crippen molar-refractivity contribution in [3.63, 3.8) is 0 Å². The molecule has 2 amide bonds. The Kier molecular flexibility index (Phi) is 9.39. The molecule has 2 saturated carbocycles. The van der Waals surface area contributed by atoms with Crippen LogP contribution in [-0.4, -0.2) is 17.0 Å². The van der Waals surface area contributed by atoms with Crippen LogP contribution in [0.4, 0.5) is 10.5 Å². The number of rotatable bonds is 7. The molecule has 4 heteroatoms. The number of carbonyl (C=O) groups is 1. The molecule has 0 radical (unpaired) electrons. The van der Waals surface area contributed by atoms with Crippen molar-refractivity contribution < 1.29 is 4.79 Å². The Morgan fingerprint density at radius 3 is 1.94 bits per heavy atom. The van der Waals surface area contributed by atoms with E-state index in [9.17, 15) is 4.79 Å². The van der Waals surface area contributed by atoms with Gasteiger partial charge in [-0.3, -0.25) is 0 Å². The van der Waals surface area contributed by atoms with Crippen LogP contribution in [0.1, 0.15) is 114 Å². The summed E-state index contributed by atoms with van der Waals surface area (Å²) < 4.78 is 0. The van der Waals surface area contributed by atoms with E-state index >= 15 is 0 Å². The topological polar surface area (TPSA) is 32.3 Å². The molecule has 2 aliphatic carbocycles. The maximum absolute atomic E-state index is 14.0. The molecule has 0 spiro atoms. The van der Waals surface area contributed by atoms with E-state index in [0.29, 0.717) is 18.4 Å². The lowest BCUT2D eigenvalue weighted by molar-refractivity contribution is 0.120. The Bertz CT molecular complexity index is 959. The highest BCUT2D eigenvalue weighted by Crippen LogP contribution is 2.40. The maximum atomic E-state index is 14.0. The standard InChI is InChI=1S/C32H45ClN2O/c1-22(2)29-11-8-12-30(23(3)4)31(29)34-32(36)35(21-24-13-17-27(33)18-14-24)28-19-15-26(16-20-28)25-9-6-5-7-10-25/h8,11-14,17-18,22-23,25-26,28H,5-7,9-10,15-16,19-21H2,1-4H3,(H,34,36). The largest absolute Gasteiger partial charge is 0.322 e. The summed E-state index contributed by atoms with van der Waals surface area (Å²) in [5, 5.41) is 4.14. The number of halogens is 1. The number of nitrogens with zero attached hydrogens (tertiary/aromatic N) is 1. The van der Waals surface area contributed by atoms with Gasteiger partial charge < -0.3 is 10.2 Å². The molecule has 0 aliphatic heterocycles. The number of nitrogens with one attached hydrogen (secondary N) is 1. The minimum atomic E-state index is 0.0288. The number of carbonyl (C=O) groups excluding carboxylic acids is 1. The molecule has 0 bridgehead atoms. The van der Waals surface area contributed by atoms with Gasteiger partial charge in [0.05, 0.1) is 0 Å². The van der Waals surface area contributed by atoms with E-state index in [-0.39, 0.29) is 12.1 Å². The SMILES string of the molecule is CC(C)c1cccc(C(C)C)c1NC(=O)N(Cc1ccc(Cl)cc1)C1CCC(C2CCCCC2)CC1. The van der Waals surface area contributed by atoms with Crippen molar-refractivity contribution in [2.75, 3.05) is 5.32 Å². The van der Waals surface area contributed by atoms with Gasteiger partial charge in [0.25, 0.3) is 0 Å². The number of amides is 2. The summed E-state index contributed by atoms with van der Waals surface area (Å²) in [6.45, 7) is 9.42. The Morgan fingerprint density at radius 2 is 1.39 bits per heavy atom. The molecule has 0 saturated heterocycles. The van der Waals surface area contributed by atoms with Crippen molar-refractivity contribution in [1.82, 2.24) is 4.90 Å². The second-order valence-electron chi connectivity index (χ2n) is 11.8. The van der Waals surface area contributed by atoms with Crippen LogP contribution >= 0.6 is 11.6 Å². The summed E-state index contributed by atoms with van der Waals surface area (Å²) in [5.41, 5.74) is 4.55. The Morgan fingerprint density at radius 1 is 0.833 bits per heavy atom. The van der Waals surface area contributed by atoms with Gasteiger partial charge in [0.1, 0.15) is 0 Å². The quantitative estimate of drug-likeness (QED) is 0.396. The second-order valence-corrected chi connectivity index (χ2v) is 12.2. The van der Waals surface area contributed by atoms with Crippen LogP contribution in [0.3, 0.4) is 0 Å². The summed E-state index contributed by atoms with van der Waals surface area (Å²) in [7, 11) is 0. The van der Waals surface area contributed by atoms with E-state index in [1.54, 1.807) is 0 Å². The van der Waals surface area contributed by atoms with Crippen LogP contribution in [0.25, 0.3) is 0 Å². The first kappa shape index (κ1) is 27.0. The first-order valence-electron chi connectivity index (χ1n) is 14.3. The highest BCUT2D eigenvalue weighted by molar-refractivity contribution is 6.30. The predicted molar refractivity (Wildman–Crippen MR) is 153 cm³/mol. The smallest absolute Gasteiger partial charge is 0.317 e. The lowest BCUT2D eigenvalue weighted by atomic mass is 9.72. The Hall–Kier alpha value is -2.00. The molecule has 2 aliphatic rings. The summed E-state index contributed by atoms with van der Waals surface area (Å²) >= 11 is 6.16. The fourth-order valence-electron chi connectivity index (χ4n) is 6.52. The molecule has 196 valence electrons. The zero-order chi connectivity index (χ0) is 25.7. The molecule has 4 rings (SSSR count). The summed E-state index contributed by atoms with van der Waals surface area (Å²) in [4.78, 5) is 16.1. The zero-order valence-electron chi connectivity index (χ0n) is 22.7. The molecule has 0 atom stereocenters. The first-order valence-corrected chi connectivity index (χ1v) is 14.7. The van der Waals surface area contributed by atoms with E-state index in [2.05, 4.69) is 68.2 Å². The molecule has 36 heavy (non-hydrogen) atoms. The fraction of sp³-hybridized carbons (Fsp3) is 0.594. The normalized spacial score (nSPS) is 21.1. The minimum absolute atomic E-state index is 0.0288. The van der Waals surface area contributed by atoms with Gasteiger partial charge in [-0.15, -0.1) is 0 Å². The molecule has 2 fully saturated rings. The second kappa shape index (κ2) is 12.5. The highest BCUT2D eigenvalue weighted by Gasteiger charge is 2.33. The molecule has 0 unspecified atom stereocenters. The van der Waals surface area contributed by atoms with Crippen molar-refractivity contribution in [2.45, 2.75) is 110 Å². The van der Waals surface area contributed by atoms with Gasteiger partial charge in [0.15, 0.2) is 0 Å². The van der Waals surface area contributed by atoms with Crippen LogP contribution in [0.15, 0.2) is 42.5 Å². The average Bonchev–Trinajstić information content (AvgIpc) is 2.88. The van der Waals surface area contributed by atoms with E-state index in [0.717, 1.165) is 41.0 Å². The van der Waals surface area contributed by atoms with Crippen molar-refractivity contribution in [3.8, 4) is 0 Å². The van der Waals surface area contributed by atoms with E-state index in [1.807, 2.05) is 12.1 Å². The Balaban J connectivity index is 1.55. The third kappa shape index (κ3) is 6.65. The average molecular weight is 509 g/mol. The fourth-order valence-corrected chi connectivity index (χ4v) is 6.64. The van der Waals surface area contributed by atoms with Gasteiger partial charge in [0, 0.05) is 23.3 Å².